The van der Waals surface area contributed by atoms with Gasteiger partial charge in [0.15, 0.2) is 0 Å². The van der Waals surface area contributed by atoms with Gasteiger partial charge < -0.3 is 9.47 Å². The lowest BCUT2D eigenvalue weighted by atomic mass is 9.92. The van der Waals surface area contributed by atoms with Crippen LogP contribution >= 0.6 is 0 Å². The predicted octanol–water partition coefficient (Wildman–Crippen LogP) is 1.20. The second-order valence-electron chi connectivity index (χ2n) is 3.79. The van der Waals surface area contributed by atoms with Gasteiger partial charge in [0.1, 0.15) is 0 Å². The molecule has 0 aliphatic carbocycles. The molecule has 0 aromatic carbocycles. The fourth-order valence-electron chi connectivity index (χ4n) is 1.73. The molecular formula is C8H14O2. The number of hydrogen-bond acceptors (Lipinski definition) is 2. The molecule has 2 nitrogen and oxygen atoms in total. The highest BCUT2D eigenvalue weighted by Crippen LogP contribution is 2.36. The molecule has 3 atom stereocenters. The van der Waals surface area contributed by atoms with E-state index in [0.717, 1.165) is 19.6 Å². The maximum Gasteiger partial charge on any atom is 0.0911 e. The van der Waals surface area contributed by atoms with Crippen molar-refractivity contribution in [3.05, 3.63) is 0 Å². The molecule has 0 spiro atoms. The first-order valence-electron chi connectivity index (χ1n) is 3.95. The summed E-state index contributed by atoms with van der Waals surface area (Å²) in [4.78, 5) is 0. The smallest absolute Gasteiger partial charge is 0.0911 e. The molecule has 0 saturated carbocycles. The zero-order chi connectivity index (χ0) is 7.19. The van der Waals surface area contributed by atoms with Crippen LogP contribution in [-0.2, 0) is 9.47 Å². The second kappa shape index (κ2) is 1.95. The first-order chi connectivity index (χ1) is 4.70. The summed E-state index contributed by atoms with van der Waals surface area (Å²) in [6, 6.07) is 0. The quantitative estimate of drug-likeness (QED) is 0.506. The average Bonchev–Trinajstić information content (AvgIpc) is 2.23. The molecule has 2 heterocycles. The van der Waals surface area contributed by atoms with E-state index in [4.69, 9.17) is 9.47 Å². The Hall–Kier alpha value is -0.0800. The van der Waals surface area contributed by atoms with Gasteiger partial charge in [-0.3, -0.25) is 0 Å². The SMILES string of the molecule is CC1CO[C@@]2(C)COC1C2. The van der Waals surface area contributed by atoms with Crippen LogP contribution in [0.2, 0.25) is 0 Å². The molecular weight excluding hydrogens is 128 g/mol. The highest BCUT2D eigenvalue weighted by atomic mass is 16.6. The van der Waals surface area contributed by atoms with Crippen molar-refractivity contribution < 1.29 is 9.47 Å². The Morgan fingerprint density at radius 1 is 1.50 bits per heavy atom. The van der Waals surface area contributed by atoms with E-state index in [-0.39, 0.29) is 5.60 Å². The fourth-order valence-corrected chi connectivity index (χ4v) is 1.73. The third-order valence-electron chi connectivity index (χ3n) is 2.57. The van der Waals surface area contributed by atoms with Crippen molar-refractivity contribution in [1.29, 1.82) is 0 Å². The molecule has 2 fully saturated rings. The van der Waals surface area contributed by atoms with Crippen LogP contribution in [0.3, 0.4) is 0 Å². The van der Waals surface area contributed by atoms with Gasteiger partial charge in [0.2, 0.25) is 0 Å². The lowest BCUT2D eigenvalue weighted by molar-refractivity contribution is -0.0585. The van der Waals surface area contributed by atoms with E-state index >= 15 is 0 Å². The van der Waals surface area contributed by atoms with Crippen LogP contribution in [-0.4, -0.2) is 24.9 Å². The molecule has 58 valence electrons. The molecule has 2 rings (SSSR count). The Morgan fingerprint density at radius 2 is 2.30 bits per heavy atom. The molecule has 0 aromatic heterocycles. The summed E-state index contributed by atoms with van der Waals surface area (Å²) < 4.78 is 11.2. The Labute approximate surface area is 61.5 Å². The Morgan fingerprint density at radius 3 is 3.00 bits per heavy atom. The Bertz CT molecular complexity index is 146. The van der Waals surface area contributed by atoms with Gasteiger partial charge in [0, 0.05) is 12.3 Å². The van der Waals surface area contributed by atoms with Crippen molar-refractivity contribution in [3.8, 4) is 0 Å². The van der Waals surface area contributed by atoms with Crippen molar-refractivity contribution >= 4 is 0 Å². The van der Waals surface area contributed by atoms with Crippen LogP contribution in [0.15, 0.2) is 0 Å². The van der Waals surface area contributed by atoms with Crippen LogP contribution < -0.4 is 0 Å². The van der Waals surface area contributed by atoms with Crippen molar-refractivity contribution in [3.63, 3.8) is 0 Å². The van der Waals surface area contributed by atoms with Gasteiger partial charge in [-0.15, -0.1) is 0 Å². The van der Waals surface area contributed by atoms with Crippen molar-refractivity contribution in [2.75, 3.05) is 13.2 Å². The Balaban J connectivity index is 2.12. The lowest BCUT2D eigenvalue weighted by Crippen LogP contribution is -2.37. The van der Waals surface area contributed by atoms with Crippen LogP contribution in [0.1, 0.15) is 20.3 Å². The predicted molar refractivity (Wildman–Crippen MR) is 37.9 cm³/mol. The Kier molecular flexibility index (Phi) is 1.29. The van der Waals surface area contributed by atoms with Gasteiger partial charge in [0.05, 0.1) is 24.9 Å². The van der Waals surface area contributed by atoms with E-state index in [1.165, 1.54) is 0 Å². The maximum absolute atomic E-state index is 5.64. The first kappa shape index (κ1) is 6.62. The number of hydrogen-bond donors (Lipinski definition) is 0. The summed E-state index contributed by atoms with van der Waals surface area (Å²) in [7, 11) is 0. The minimum Gasteiger partial charge on any atom is -0.375 e. The summed E-state index contributed by atoms with van der Waals surface area (Å²) in [6.45, 7) is 6.00. The summed E-state index contributed by atoms with van der Waals surface area (Å²) in [5.74, 6) is 0.593. The van der Waals surface area contributed by atoms with E-state index in [0.29, 0.717) is 12.0 Å². The third kappa shape index (κ3) is 0.867. The van der Waals surface area contributed by atoms with E-state index in [1.807, 2.05) is 0 Å². The molecule has 0 N–H and O–H groups in total. The summed E-state index contributed by atoms with van der Waals surface area (Å²) in [6.07, 6.45) is 1.56. The zero-order valence-corrected chi connectivity index (χ0v) is 6.59. The summed E-state index contributed by atoms with van der Waals surface area (Å²) in [5.41, 5.74) is 0.0528. The lowest BCUT2D eigenvalue weighted by Gasteiger charge is -2.30. The maximum atomic E-state index is 5.64. The minimum absolute atomic E-state index is 0.0528. The zero-order valence-electron chi connectivity index (χ0n) is 6.59. The van der Waals surface area contributed by atoms with Crippen LogP contribution in [0.4, 0.5) is 0 Å². The summed E-state index contributed by atoms with van der Waals surface area (Å²) >= 11 is 0. The number of fused-ring (bicyclic) bond motifs is 2. The van der Waals surface area contributed by atoms with E-state index in [9.17, 15) is 0 Å². The van der Waals surface area contributed by atoms with Crippen LogP contribution in [0, 0.1) is 5.92 Å². The van der Waals surface area contributed by atoms with E-state index in [2.05, 4.69) is 13.8 Å². The highest BCUT2D eigenvalue weighted by molar-refractivity contribution is 4.91. The molecule has 10 heavy (non-hydrogen) atoms. The number of ether oxygens (including phenoxy) is 2. The molecule has 2 aliphatic heterocycles. The van der Waals surface area contributed by atoms with Crippen molar-refractivity contribution in [1.82, 2.24) is 0 Å². The number of rotatable bonds is 0. The van der Waals surface area contributed by atoms with Crippen LogP contribution in [0.5, 0.6) is 0 Å². The standard InChI is InChI=1S/C8H14O2/c1-6-4-10-8(2)3-7(6)9-5-8/h6-7H,3-5H2,1-2H3/t6?,7?,8-/m1/s1. The molecule has 0 amide bonds. The monoisotopic (exact) mass is 142 g/mol. The van der Waals surface area contributed by atoms with Crippen molar-refractivity contribution in [2.24, 2.45) is 5.92 Å². The molecule has 2 aliphatic rings. The summed E-state index contributed by atoms with van der Waals surface area (Å²) in [5, 5.41) is 0. The molecule has 2 unspecified atom stereocenters. The normalized spacial score (nSPS) is 53.4. The first-order valence-corrected chi connectivity index (χ1v) is 3.95. The van der Waals surface area contributed by atoms with Gasteiger partial charge in [-0.05, 0) is 6.92 Å². The topological polar surface area (TPSA) is 18.5 Å². The van der Waals surface area contributed by atoms with E-state index in [1.54, 1.807) is 0 Å². The molecule has 2 bridgehead atoms. The van der Waals surface area contributed by atoms with E-state index < -0.39 is 0 Å². The molecule has 0 radical (unpaired) electrons. The third-order valence-corrected chi connectivity index (χ3v) is 2.57. The molecule has 2 saturated heterocycles. The fraction of sp³-hybridized carbons (Fsp3) is 1.00. The molecule has 2 heteroatoms. The van der Waals surface area contributed by atoms with Gasteiger partial charge in [-0.1, -0.05) is 6.92 Å². The van der Waals surface area contributed by atoms with Gasteiger partial charge in [-0.2, -0.15) is 0 Å². The average molecular weight is 142 g/mol. The largest absolute Gasteiger partial charge is 0.375 e. The van der Waals surface area contributed by atoms with Gasteiger partial charge >= 0.3 is 0 Å². The highest BCUT2D eigenvalue weighted by Gasteiger charge is 2.43. The van der Waals surface area contributed by atoms with Gasteiger partial charge in [-0.25, -0.2) is 0 Å². The minimum atomic E-state index is 0.0528. The molecule has 0 aromatic rings. The second-order valence-corrected chi connectivity index (χ2v) is 3.79. The van der Waals surface area contributed by atoms with Crippen LogP contribution in [0.25, 0.3) is 0 Å². The van der Waals surface area contributed by atoms with Gasteiger partial charge in [0.25, 0.3) is 0 Å². The van der Waals surface area contributed by atoms with Crippen molar-refractivity contribution in [2.45, 2.75) is 32.0 Å².